The molecule has 0 aromatic heterocycles. The first-order chi connectivity index (χ1) is 7.76. The lowest BCUT2D eigenvalue weighted by molar-refractivity contribution is 0.645. The lowest BCUT2D eigenvalue weighted by atomic mass is 10.1. The van der Waals surface area contributed by atoms with E-state index in [1.807, 2.05) is 0 Å². The van der Waals surface area contributed by atoms with E-state index in [1.165, 1.54) is 42.6 Å². The molecule has 0 radical (unpaired) electrons. The zero-order chi connectivity index (χ0) is 11.5. The van der Waals surface area contributed by atoms with Crippen LogP contribution in [-0.4, -0.2) is 12.6 Å². The second-order valence-electron chi connectivity index (χ2n) is 4.64. The van der Waals surface area contributed by atoms with Gasteiger partial charge in [0.05, 0.1) is 0 Å². The molecule has 2 heteroatoms. The van der Waals surface area contributed by atoms with E-state index in [4.69, 9.17) is 0 Å². The van der Waals surface area contributed by atoms with Gasteiger partial charge in [-0.15, -0.1) is 0 Å². The van der Waals surface area contributed by atoms with Gasteiger partial charge in [-0.05, 0) is 49.4 Å². The smallest absolute Gasteiger partial charge is 0.0371 e. The summed E-state index contributed by atoms with van der Waals surface area (Å²) in [7, 11) is 0. The Morgan fingerprint density at radius 1 is 1.44 bits per heavy atom. The van der Waals surface area contributed by atoms with Crippen LogP contribution >= 0.6 is 15.9 Å². The molecule has 0 spiro atoms. The van der Waals surface area contributed by atoms with E-state index in [0.29, 0.717) is 0 Å². The molecule has 2 rings (SSSR count). The normalized spacial score (nSPS) is 20.4. The quantitative estimate of drug-likeness (QED) is 0.748. The molecule has 0 bridgehead atoms. The summed E-state index contributed by atoms with van der Waals surface area (Å²) >= 11 is 3.53. The Labute approximate surface area is 107 Å². The summed E-state index contributed by atoms with van der Waals surface area (Å²) < 4.78 is 0. The van der Waals surface area contributed by atoms with Crippen molar-refractivity contribution in [2.24, 2.45) is 0 Å². The monoisotopic (exact) mass is 281 g/mol. The maximum Gasteiger partial charge on any atom is 0.0371 e. The van der Waals surface area contributed by atoms with E-state index in [9.17, 15) is 0 Å². The van der Waals surface area contributed by atoms with Crippen molar-refractivity contribution in [3.8, 4) is 0 Å². The second-order valence-corrected chi connectivity index (χ2v) is 5.20. The largest absolute Gasteiger partial charge is 0.369 e. The van der Waals surface area contributed by atoms with Gasteiger partial charge in [0, 0.05) is 23.6 Å². The standard InChI is InChI=1S/C14H20BrN/c1-3-13-5-4-8-16(13)14-7-6-12(10-15)11(2)9-14/h6-7,9,13H,3-5,8,10H2,1-2H3. The molecule has 1 aliphatic heterocycles. The molecular weight excluding hydrogens is 262 g/mol. The van der Waals surface area contributed by atoms with Gasteiger partial charge in [0.15, 0.2) is 0 Å². The maximum absolute atomic E-state index is 3.53. The minimum absolute atomic E-state index is 0.759. The van der Waals surface area contributed by atoms with Gasteiger partial charge in [0.2, 0.25) is 0 Å². The summed E-state index contributed by atoms with van der Waals surface area (Å²) in [5.41, 5.74) is 4.21. The molecule has 0 aliphatic carbocycles. The Hall–Kier alpha value is -0.500. The van der Waals surface area contributed by atoms with E-state index in [2.05, 4.69) is 52.9 Å². The number of aryl methyl sites for hydroxylation is 1. The number of nitrogens with zero attached hydrogens (tertiary/aromatic N) is 1. The predicted octanol–water partition coefficient (Wildman–Crippen LogP) is 4.27. The molecule has 88 valence electrons. The molecule has 1 aromatic rings. The first-order valence-electron chi connectivity index (χ1n) is 6.18. The highest BCUT2D eigenvalue weighted by Crippen LogP contribution is 2.29. The van der Waals surface area contributed by atoms with Crippen molar-refractivity contribution in [2.45, 2.75) is 44.5 Å². The zero-order valence-electron chi connectivity index (χ0n) is 10.2. The Morgan fingerprint density at radius 3 is 2.88 bits per heavy atom. The fourth-order valence-electron chi connectivity index (χ4n) is 2.61. The van der Waals surface area contributed by atoms with Crippen LogP contribution in [0.2, 0.25) is 0 Å². The Morgan fingerprint density at radius 2 is 2.25 bits per heavy atom. The fourth-order valence-corrected chi connectivity index (χ4v) is 3.24. The molecule has 1 saturated heterocycles. The highest BCUT2D eigenvalue weighted by Gasteiger charge is 2.22. The number of hydrogen-bond acceptors (Lipinski definition) is 1. The Bertz CT molecular complexity index is 362. The third kappa shape index (κ3) is 2.27. The van der Waals surface area contributed by atoms with Crippen LogP contribution in [0, 0.1) is 6.92 Å². The third-order valence-corrected chi connectivity index (χ3v) is 4.25. The van der Waals surface area contributed by atoms with Crippen LogP contribution in [0.15, 0.2) is 18.2 Å². The Balaban J connectivity index is 2.23. The van der Waals surface area contributed by atoms with Gasteiger partial charge in [-0.1, -0.05) is 28.9 Å². The second kappa shape index (κ2) is 5.22. The van der Waals surface area contributed by atoms with Crippen molar-refractivity contribution in [2.75, 3.05) is 11.4 Å². The lowest BCUT2D eigenvalue weighted by Gasteiger charge is -2.26. The van der Waals surface area contributed by atoms with Crippen LogP contribution in [0.25, 0.3) is 0 Å². The van der Waals surface area contributed by atoms with Crippen molar-refractivity contribution in [1.29, 1.82) is 0 Å². The third-order valence-electron chi connectivity index (χ3n) is 3.65. The number of benzene rings is 1. The van der Waals surface area contributed by atoms with Crippen LogP contribution in [-0.2, 0) is 5.33 Å². The molecule has 0 saturated carbocycles. The number of rotatable bonds is 3. The van der Waals surface area contributed by atoms with Gasteiger partial charge < -0.3 is 4.90 Å². The van der Waals surface area contributed by atoms with Gasteiger partial charge in [-0.2, -0.15) is 0 Å². The topological polar surface area (TPSA) is 3.24 Å². The summed E-state index contributed by atoms with van der Waals surface area (Å²) in [6.07, 6.45) is 3.97. The summed E-state index contributed by atoms with van der Waals surface area (Å²) in [4.78, 5) is 2.57. The molecule has 1 atom stereocenters. The summed E-state index contributed by atoms with van der Waals surface area (Å²) in [5, 5.41) is 0.955. The molecule has 0 N–H and O–H groups in total. The average molecular weight is 282 g/mol. The average Bonchev–Trinajstić information content (AvgIpc) is 2.77. The first-order valence-corrected chi connectivity index (χ1v) is 7.30. The highest BCUT2D eigenvalue weighted by molar-refractivity contribution is 9.08. The molecule has 1 aromatic carbocycles. The van der Waals surface area contributed by atoms with E-state index in [0.717, 1.165) is 11.4 Å². The van der Waals surface area contributed by atoms with Crippen molar-refractivity contribution in [1.82, 2.24) is 0 Å². The molecule has 1 aliphatic rings. The number of hydrogen-bond donors (Lipinski definition) is 0. The van der Waals surface area contributed by atoms with Crippen LogP contribution in [0.4, 0.5) is 5.69 Å². The maximum atomic E-state index is 3.53. The Kier molecular flexibility index (Phi) is 3.91. The number of alkyl halides is 1. The van der Waals surface area contributed by atoms with E-state index < -0.39 is 0 Å². The van der Waals surface area contributed by atoms with Crippen molar-refractivity contribution < 1.29 is 0 Å². The summed E-state index contributed by atoms with van der Waals surface area (Å²) in [6, 6.07) is 7.63. The van der Waals surface area contributed by atoms with Crippen LogP contribution in [0.1, 0.15) is 37.3 Å². The predicted molar refractivity (Wildman–Crippen MR) is 74.5 cm³/mol. The minimum atomic E-state index is 0.759. The lowest BCUT2D eigenvalue weighted by Crippen LogP contribution is -2.28. The molecule has 1 heterocycles. The van der Waals surface area contributed by atoms with Crippen LogP contribution in [0.3, 0.4) is 0 Å². The molecular formula is C14H20BrN. The molecule has 1 fully saturated rings. The van der Waals surface area contributed by atoms with Crippen LogP contribution < -0.4 is 4.90 Å². The van der Waals surface area contributed by atoms with Gasteiger partial charge in [-0.25, -0.2) is 0 Å². The van der Waals surface area contributed by atoms with Crippen molar-refractivity contribution in [3.05, 3.63) is 29.3 Å². The number of halogens is 1. The van der Waals surface area contributed by atoms with Gasteiger partial charge in [0.25, 0.3) is 0 Å². The van der Waals surface area contributed by atoms with Crippen molar-refractivity contribution >= 4 is 21.6 Å². The molecule has 16 heavy (non-hydrogen) atoms. The number of anilines is 1. The van der Waals surface area contributed by atoms with Crippen LogP contribution in [0.5, 0.6) is 0 Å². The van der Waals surface area contributed by atoms with E-state index in [1.54, 1.807) is 0 Å². The highest BCUT2D eigenvalue weighted by atomic mass is 79.9. The molecule has 1 nitrogen and oxygen atoms in total. The first kappa shape index (κ1) is 12.0. The minimum Gasteiger partial charge on any atom is -0.369 e. The summed E-state index contributed by atoms with van der Waals surface area (Å²) in [6.45, 7) is 5.73. The van der Waals surface area contributed by atoms with Gasteiger partial charge in [0.1, 0.15) is 0 Å². The van der Waals surface area contributed by atoms with E-state index in [-0.39, 0.29) is 0 Å². The molecule has 1 unspecified atom stereocenters. The van der Waals surface area contributed by atoms with Gasteiger partial charge in [-0.3, -0.25) is 0 Å². The zero-order valence-corrected chi connectivity index (χ0v) is 11.8. The SMILES string of the molecule is CCC1CCCN1c1ccc(CBr)c(C)c1. The fraction of sp³-hybridized carbons (Fsp3) is 0.571. The van der Waals surface area contributed by atoms with Crippen molar-refractivity contribution in [3.63, 3.8) is 0 Å². The van der Waals surface area contributed by atoms with E-state index >= 15 is 0 Å². The van der Waals surface area contributed by atoms with Gasteiger partial charge >= 0.3 is 0 Å². The molecule has 0 amide bonds. The summed E-state index contributed by atoms with van der Waals surface area (Å²) in [5.74, 6) is 0.